The molecule has 0 bridgehead atoms. The Labute approximate surface area is 154 Å². The molecule has 138 valence electrons. The molecule has 8 nitrogen and oxygen atoms in total. The number of benzene rings is 2. The Balaban J connectivity index is 1.81. The number of rotatable bonds is 6. The quantitative estimate of drug-likeness (QED) is 0.563. The van der Waals surface area contributed by atoms with Crippen molar-refractivity contribution in [2.75, 3.05) is 6.67 Å². The largest absolute Gasteiger partial charge is 0.432 e. The molecule has 1 fully saturated rings. The van der Waals surface area contributed by atoms with Gasteiger partial charge in [0.15, 0.2) is 0 Å². The standard InChI is InChI=1S/C19H16N2O6/c22-12-20-11-21(13-23)17(27-19(25)15-9-5-2-6-10-15)16(20)26-18(24)14-7-3-1-4-8-14/h1-10,12-13,16-17H,11H2/t16-,17-/m1/s1. The van der Waals surface area contributed by atoms with Crippen molar-refractivity contribution in [3.05, 3.63) is 71.8 Å². The van der Waals surface area contributed by atoms with Crippen molar-refractivity contribution >= 4 is 24.8 Å². The molecular formula is C19H16N2O6. The predicted octanol–water partition coefficient (Wildman–Crippen LogP) is 1.24. The number of amides is 2. The number of esters is 2. The predicted molar refractivity (Wildman–Crippen MR) is 92.0 cm³/mol. The van der Waals surface area contributed by atoms with E-state index in [1.54, 1.807) is 60.7 Å². The van der Waals surface area contributed by atoms with Gasteiger partial charge in [-0.25, -0.2) is 9.59 Å². The van der Waals surface area contributed by atoms with Gasteiger partial charge in [0.05, 0.1) is 11.1 Å². The third-order valence-corrected chi connectivity index (χ3v) is 3.97. The van der Waals surface area contributed by atoms with Crippen LogP contribution in [0, 0.1) is 0 Å². The maximum atomic E-state index is 12.3. The summed E-state index contributed by atoms with van der Waals surface area (Å²) in [6, 6.07) is 16.3. The lowest BCUT2D eigenvalue weighted by atomic mass is 10.2. The Kier molecular flexibility index (Phi) is 5.46. The second-order valence-electron chi connectivity index (χ2n) is 5.70. The average molecular weight is 368 g/mol. The first kappa shape index (κ1) is 18.1. The van der Waals surface area contributed by atoms with E-state index in [0.29, 0.717) is 12.8 Å². The summed E-state index contributed by atoms with van der Waals surface area (Å²) in [4.78, 5) is 49.5. The van der Waals surface area contributed by atoms with E-state index in [9.17, 15) is 19.2 Å². The van der Waals surface area contributed by atoms with Crippen molar-refractivity contribution in [2.45, 2.75) is 12.5 Å². The van der Waals surface area contributed by atoms with Crippen molar-refractivity contribution in [1.29, 1.82) is 0 Å². The van der Waals surface area contributed by atoms with E-state index in [4.69, 9.17) is 9.47 Å². The summed E-state index contributed by atoms with van der Waals surface area (Å²) in [5.41, 5.74) is 0.530. The Morgan fingerprint density at radius 3 is 1.44 bits per heavy atom. The summed E-state index contributed by atoms with van der Waals surface area (Å²) in [7, 11) is 0. The molecule has 1 aliphatic rings. The van der Waals surface area contributed by atoms with Crippen molar-refractivity contribution < 1.29 is 28.7 Å². The van der Waals surface area contributed by atoms with Crippen LogP contribution in [0.4, 0.5) is 0 Å². The molecule has 1 heterocycles. The molecule has 0 aromatic heterocycles. The SMILES string of the molecule is O=CN1CN(C=O)[C@H](OC(=O)c2ccccc2)[C@H]1OC(=O)c1ccccc1. The van der Waals surface area contributed by atoms with Crippen molar-refractivity contribution in [1.82, 2.24) is 9.80 Å². The molecule has 27 heavy (non-hydrogen) atoms. The van der Waals surface area contributed by atoms with Crippen molar-refractivity contribution in [3.63, 3.8) is 0 Å². The van der Waals surface area contributed by atoms with Gasteiger partial charge >= 0.3 is 11.9 Å². The van der Waals surface area contributed by atoms with E-state index < -0.39 is 24.4 Å². The molecule has 0 spiro atoms. The van der Waals surface area contributed by atoms with Crippen LogP contribution in [0.15, 0.2) is 60.7 Å². The second kappa shape index (κ2) is 8.13. The van der Waals surface area contributed by atoms with Crippen molar-refractivity contribution in [3.8, 4) is 0 Å². The molecule has 2 amide bonds. The van der Waals surface area contributed by atoms with E-state index in [0.717, 1.165) is 9.80 Å². The van der Waals surface area contributed by atoms with Gasteiger partial charge in [0, 0.05) is 0 Å². The maximum absolute atomic E-state index is 12.3. The highest BCUT2D eigenvalue weighted by molar-refractivity contribution is 5.90. The Bertz CT molecular complexity index is 757. The number of nitrogens with zero attached hydrogens (tertiary/aromatic N) is 2. The fraction of sp³-hybridized carbons (Fsp3) is 0.158. The van der Waals surface area contributed by atoms with Crippen LogP contribution in [0.2, 0.25) is 0 Å². The number of hydrogen-bond donors (Lipinski definition) is 0. The van der Waals surface area contributed by atoms with Gasteiger partial charge in [-0.15, -0.1) is 0 Å². The van der Waals surface area contributed by atoms with Gasteiger partial charge in [-0.05, 0) is 24.3 Å². The smallest absolute Gasteiger partial charge is 0.340 e. The van der Waals surface area contributed by atoms with E-state index in [1.165, 1.54) is 0 Å². The van der Waals surface area contributed by atoms with Gasteiger partial charge in [0.25, 0.3) is 0 Å². The van der Waals surface area contributed by atoms with Gasteiger partial charge in [-0.2, -0.15) is 0 Å². The summed E-state index contributed by atoms with van der Waals surface area (Å²) in [5, 5.41) is 0. The number of carbonyl (C=O) groups is 4. The third-order valence-electron chi connectivity index (χ3n) is 3.97. The van der Waals surface area contributed by atoms with Gasteiger partial charge < -0.3 is 9.47 Å². The minimum atomic E-state index is -1.26. The first-order valence-electron chi connectivity index (χ1n) is 8.08. The zero-order valence-corrected chi connectivity index (χ0v) is 14.1. The summed E-state index contributed by atoms with van der Waals surface area (Å²) >= 11 is 0. The summed E-state index contributed by atoms with van der Waals surface area (Å²) < 4.78 is 10.7. The zero-order valence-electron chi connectivity index (χ0n) is 14.1. The molecule has 0 N–H and O–H groups in total. The van der Waals surface area contributed by atoms with E-state index in [2.05, 4.69) is 0 Å². The minimum absolute atomic E-state index is 0.174. The zero-order chi connectivity index (χ0) is 19.2. The molecule has 1 saturated heterocycles. The van der Waals surface area contributed by atoms with Crippen LogP contribution in [-0.2, 0) is 19.1 Å². The molecule has 2 atom stereocenters. The lowest BCUT2D eigenvalue weighted by Crippen LogP contribution is -2.43. The van der Waals surface area contributed by atoms with Crippen LogP contribution >= 0.6 is 0 Å². The van der Waals surface area contributed by atoms with Crippen LogP contribution in [0.1, 0.15) is 20.7 Å². The lowest BCUT2D eigenvalue weighted by molar-refractivity contribution is -0.135. The fourth-order valence-corrected chi connectivity index (χ4v) is 2.62. The molecule has 1 aliphatic heterocycles. The molecular weight excluding hydrogens is 352 g/mol. The topological polar surface area (TPSA) is 93.2 Å². The Morgan fingerprint density at radius 1 is 0.741 bits per heavy atom. The fourth-order valence-electron chi connectivity index (χ4n) is 2.62. The highest BCUT2D eigenvalue weighted by atomic mass is 16.6. The maximum Gasteiger partial charge on any atom is 0.340 e. The molecule has 2 aromatic rings. The van der Waals surface area contributed by atoms with E-state index in [-0.39, 0.29) is 17.8 Å². The van der Waals surface area contributed by atoms with E-state index >= 15 is 0 Å². The van der Waals surface area contributed by atoms with Crippen LogP contribution in [0.5, 0.6) is 0 Å². The third kappa shape index (κ3) is 3.95. The molecule has 0 radical (unpaired) electrons. The summed E-state index contributed by atoms with van der Waals surface area (Å²) in [5.74, 6) is -1.41. The van der Waals surface area contributed by atoms with Gasteiger partial charge in [0.1, 0.15) is 6.67 Å². The number of carbonyl (C=O) groups excluding carboxylic acids is 4. The molecule has 0 unspecified atom stereocenters. The highest BCUT2D eigenvalue weighted by Gasteiger charge is 2.45. The minimum Gasteiger partial charge on any atom is -0.432 e. The Morgan fingerprint density at radius 2 is 1.11 bits per heavy atom. The first-order chi connectivity index (χ1) is 13.1. The molecule has 8 heteroatoms. The molecule has 3 rings (SSSR count). The normalized spacial score (nSPS) is 18.7. The molecule has 0 saturated carbocycles. The van der Waals surface area contributed by atoms with Crippen LogP contribution in [0.25, 0.3) is 0 Å². The van der Waals surface area contributed by atoms with Crippen molar-refractivity contribution in [2.24, 2.45) is 0 Å². The Hall–Kier alpha value is -3.68. The average Bonchev–Trinajstić information content (AvgIpc) is 3.05. The van der Waals surface area contributed by atoms with Crippen LogP contribution < -0.4 is 0 Å². The lowest BCUT2D eigenvalue weighted by Gasteiger charge is -2.24. The summed E-state index contributed by atoms with van der Waals surface area (Å²) in [6.45, 7) is -0.174. The first-order valence-corrected chi connectivity index (χ1v) is 8.08. The second-order valence-corrected chi connectivity index (χ2v) is 5.70. The van der Waals surface area contributed by atoms with Crippen LogP contribution in [-0.4, -0.2) is 53.7 Å². The van der Waals surface area contributed by atoms with Gasteiger partial charge in [-0.3, -0.25) is 19.4 Å². The molecule has 0 aliphatic carbocycles. The highest BCUT2D eigenvalue weighted by Crippen LogP contribution is 2.23. The monoisotopic (exact) mass is 368 g/mol. The number of hydrogen-bond acceptors (Lipinski definition) is 6. The van der Waals surface area contributed by atoms with E-state index in [1.807, 2.05) is 0 Å². The molecule has 2 aromatic carbocycles. The van der Waals surface area contributed by atoms with Crippen LogP contribution in [0.3, 0.4) is 0 Å². The van der Waals surface area contributed by atoms with Gasteiger partial charge in [-0.1, -0.05) is 36.4 Å². The number of ether oxygens (including phenoxy) is 2. The summed E-state index contributed by atoms with van der Waals surface area (Å²) in [6.07, 6.45) is -1.66. The van der Waals surface area contributed by atoms with Gasteiger partial charge in [0.2, 0.25) is 25.3 Å².